The zero-order chi connectivity index (χ0) is 22.5. The van der Waals surface area contributed by atoms with Gasteiger partial charge in [-0.2, -0.15) is 0 Å². The van der Waals surface area contributed by atoms with Crippen LogP contribution in [-0.4, -0.2) is 20.2 Å². The molecule has 5 nitrogen and oxygen atoms in total. The number of carboxylic acid groups (broad SMARTS) is 1. The molecule has 0 aliphatic rings. The van der Waals surface area contributed by atoms with Crippen LogP contribution in [0.2, 0.25) is 5.15 Å². The maximum atomic E-state index is 13.1. The molecule has 0 unspecified atom stereocenters. The van der Waals surface area contributed by atoms with Gasteiger partial charge < -0.3 is 5.11 Å². The highest BCUT2D eigenvalue weighted by Crippen LogP contribution is 2.25. The molecule has 1 heterocycles. The van der Waals surface area contributed by atoms with Crippen LogP contribution < -0.4 is 5.69 Å². The first-order valence-electron chi connectivity index (χ1n) is 10.7. The van der Waals surface area contributed by atoms with Crippen LogP contribution in [0.3, 0.4) is 0 Å². The van der Waals surface area contributed by atoms with Crippen molar-refractivity contribution in [2.24, 2.45) is 5.92 Å². The van der Waals surface area contributed by atoms with E-state index in [0.717, 1.165) is 36.1 Å². The molecule has 1 aromatic heterocycles. The largest absolute Gasteiger partial charge is 0.478 e. The maximum Gasteiger partial charge on any atom is 0.336 e. The van der Waals surface area contributed by atoms with Gasteiger partial charge in [-0.3, -0.25) is 9.13 Å². The van der Waals surface area contributed by atoms with Crippen molar-refractivity contribution in [3.8, 4) is 11.1 Å². The Balaban J connectivity index is 1.94. The summed E-state index contributed by atoms with van der Waals surface area (Å²) < 4.78 is 3.45. The van der Waals surface area contributed by atoms with Crippen LogP contribution in [0.15, 0.2) is 53.3 Å². The van der Waals surface area contributed by atoms with E-state index in [-0.39, 0.29) is 11.3 Å². The fourth-order valence-electron chi connectivity index (χ4n) is 3.77. The lowest BCUT2D eigenvalue weighted by Crippen LogP contribution is -2.27. The molecular formula is C25H29ClN2O3. The summed E-state index contributed by atoms with van der Waals surface area (Å²) in [4.78, 5) is 24.6. The fourth-order valence-corrected chi connectivity index (χ4v) is 4.11. The van der Waals surface area contributed by atoms with E-state index in [9.17, 15) is 14.7 Å². The van der Waals surface area contributed by atoms with E-state index in [1.807, 2.05) is 30.3 Å². The van der Waals surface area contributed by atoms with Gasteiger partial charge in [0, 0.05) is 6.54 Å². The van der Waals surface area contributed by atoms with Crippen molar-refractivity contribution in [1.29, 1.82) is 0 Å². The van der Waals surface area contributed by atoms with E-state index in [0.29, 0.717) is 29.7 Å². The van der Waals surface area contributed by atoms with Gasteiger partial charge in [0.2, 0.25) is 0 Å². The molecule has 0 spiro atoms. The second kappa shape index (κ2) is 10.0. The highest BCUT2D eigenvalue weighted by molar-refractivity contribution is 6.30. The van der Waals surface area contributed by atoms with Crippen molar-refractivity contribution >= 4 is 17.6 Å². The summed E-state index contributed by atoms with van der Waals surface area (Å²) in [6.45, 7) is 7.28. The molecule has 0 radical (unpaired) electrons. The molecule has 31 heavy (non-hydrogen) atoms. The molecule has 3 aromatic rings. The molecule has 0 aliphatic carbocycles. The maximum absolute atomic E-state index is 13.1. The van der Waals surface area contributed by atoms with Gasteiger partial charge in [0.25, 0.3) is 0 Å². The Morgan fingerprint density at radius 2 is 1.74 bits per heavy atom. The Bertz CT molecular complexity index is 1110. The van der Waals surface area contributed by atoms with Gasteiger partial charge in [0.1, 0.15) is 5.15 Å². The van der Waals surface area contributed by atoms with Gasteiger partial charge in [-0.25, -0.2) is 9.59 Å². The number of aromatic nitrogens is 2. The number of aromatic carboxylic acids is 1. The second-order valence-electron chi connectivity index (χ2n) is 8.26. The molecule has 0 saturated carbocycles. The number of hydrogen-bond donors (Lipinski definition) is 1. The number of hydrogen-bond acceptors (Lipinski definition) is 2. The van der Waals surface area contributed by atoms with Crippen molar-refractivity contribution in [3.63, 3.8) is 0 Å². The minimum Gasteiger partial charge on any atom is -0.478 e. The van der Waals surface area contributed by atoms with Crippen molar-refractivity contribution in [3.05, 3.63) is 81.0 Å². The van der Waals surface area contributed by atoms with Crippen molar-refractivity contribution in [2.75, 3.05) is 0 Å². The fraction of sp³-hybridized carbons (Fsp3) is 0.360. The standard InChI is InChI=1S/C25H29ClN2O3/c1-4-5-10-22-23(26)28(15-17(2)3)25(31)27(22)16-18-11-13-19(14-12-18)20-8-6-7-9-21(20)24(29)30/h6-9,11-14,17H,4-5,10,15-16H2,1-3H3,(H,29,30). The number of imidazole rings is 1. The number of carbonyl (C=O) groups is 1. The quantitative estimate of drug-likeness (QED) is 0.463. The lowest BCUT2D eigenvalue weighted by atomic mass is 9.99. The number of halogens is 1. The van der Waals surface area contributed by atoms with Crippen LogP contribution in [0.1, 0.15) is 55.2 Å². The summed E-state index contributed by atoms with van der Waals surface area (Å²) in [6, 6.07) is 14.6. The Labute approximate surface area is 187 Å². The summed E-state index contributed by atoms with van der Waals surface area (Å²) in [5.41, 5.74) is 3.55. The Morgan fingerprint density at radius 3 is 2.35 bits per heavy atom. The average Bonchev–Trinajstić information content (AvgIpc) is 2.96. The van der Waals surface area contributed by atoms with Crippen LogP contribution in [-0.2, 0) is 19.5 Å². The van der Waals surface area contributed by atoms with Gasteiger partial charge in [-0.05, 0) is 41.5 Å². The Morgan fingerprint density at radius 1 is 1.06 bits per heavy atom. The van der Waals surface area contributed by atoms with E-state index >= 15 is 0 Å². The molecule has 0 amide bonds. The first kappa shape index (κ1) is 22.9. The molecule has 2 aromatic carbocycles. The summed E-state index contributed by atoms with van der Waals surface area (Å²) >= 11 is 6.62. The summed E-state index contributed by atoms with van der Waals surface area (Å²) in [6.07, 6.45) is 2.76. The number of unbranched alkanes of at least 4 members (excludes halogenated alkanes) is 1. The van der Waals surface area contributed by atoms with E-state index in [1.54, 1.807) is 27.3 Å². The highest BCUT2D eigenvalue weighted by atomic mass is 35.5. The molecule has 0 fully saturated rings. The first-order chi connectivity index (χ1) is 14.8. The van der Waals surface area contributed by atoms with Gasteiger partial charge in [0.05, 0.1) is 17.8 Å². The summed E-state index contributed by atoms with van der Waals surface area (Å²) in [5, 5.41) is 9.99. The van der Waals surface area contributed by atoms with Crippen molar-refractivity contribution in [1.82, 2.24) is 9.13 Å². The van der Waals surface area contributed by atoms with Crippen molar-refractivity contribution < 1.29 is 9.90 Å². The van der Waals surface area contributed by atoms with Crippen LogP contribution >= 0.6 is 11.6 Å². The Hall–Kier alpha value is -2.79. The number of carboxylic acids is 1. The molecule has 164 valence electrons. The molecule has 0 saturated heterocycles. The second-order valence-corrected chi connectivity index (χ2v) is 8.62. The molecule has 3 rings (SSSR count). The van der Waals surface area contributed by atoms with Crippen molar-refractivity contribution in [2.45, 2.75) is 53.1 Å². The predicted molar refractivity (Wildman–Crippen MR) is 125 cm³/mol. The molecule has 0 aliphatic heterocycles. The smallest absolute Gasteiger partial charge is 0.336 e. The minimum absolute atomic E-state index is 0.0786. The van der Waals surface area contributed by atoms with Gasteiger partial charge in [-0.1, -0.05) is 81.3 Å². The van der Waals surface area contributed by atoms with Crippen LogP contribution in [0.25, 0.3) is 11.1 Å². The third-order valence-electron chi connectivity index (χ3n) is 5.34. The lowest BCUT2D eigenvalue weighted by Gasteiger charge is -2.10. The van der Waals surface area contributed by atoms with Crippen LogP contribution in [0.4, 0.5) is 0 Å². The number of nitrogens with zero attached hydrogens (tertiary/aromatic N) is 2. The number of rotatable bonds is 9. The van der Waals surface area contributed by atoms with Gasteiger partial charge in [-0.15, -0.1) is 0 Å². The van der Waals surface area contributed by atoms with E-state index in [2.05, 4.69) is 20.8 Å². The molecule has 0 atom stereocenters. The zero-order valence-corrected chi connectivity index (χ0v) is 19.0. The van der Waals surface area contributed by atoms with Crippen LogP contribution in [0, 0.1) is 5.92 Å². The topological polar surface area (TPSA) is 64.2 Å². The summed E-state index contributed by atoms with van der Waals surface area (Å²) in [5.74, 6) is -0.633. The van der Waals surface area contributed by atoms with E-state index in [4.69, 9.17) is 11.6 Å². The van der Waals surface area contributed by atoms with E-state index in [1.165, 1.54) is 0 Å². The molecule has 1 N–H and O–H groups in total. The SMILES string of the molecule is CCCCc1c(Cl)n(CC(C)C)c(=O)n1Cc1ccc(-c2ccccc2C(=O)O)cc1. The molecule has 6 heteroatoms. The normalized spacial score (nSPS) is 11.3. The third kappa shape index (κ3) is 5.10. The highest BCUT2D eigenvalue weighted by Gasteiger charge is 2.19. The Kier molecular flexibility index (Phi) is 7.39. The molecule has 0 bridgehead atoms. The third-order valence-corrected chi connectivity index (χ3v) is 5.76. The molecular weight excluding hydrogens is 412 g/mol. The minimum atomic E-state index is -0.951. The van der Waals surface area contributed by atoms with Crippen LogP contribution in [0.5, 0.6) is 0 Å². The van der Waals surface area contributed by atoms with E-state index < -0.39 is 5.97 Å². The summed E-state index contributed by atoms with van der Waals surface area (Å²) in [7, 11) is 0. The number of benzene rings is 2. The zero-order valence-electron chi connectivity index (χ0n) is 18.3. The average molecular weight is 441 g/mol. The van der Waals surface area contributed by atoms with Gasteiger partial charge in [0.15, 0.2) is 0 Å². The predicted octanol–water partition coefficient (Wildman–Crippen LogP) is 5.72. The van der Waals surface area contributed by atoms with Gasteiger partial charge >= 0.3 is 11.7 Å². The first-order valence-corrected chi connectivity index (χ1v) is 11.1. The monoisotopic (exact) mass is 440 g/mol. The lowest BCUT2D eigenvalue weighted by molar-refractivity contribution is 0.0697.